The summed E-state index contributed by atoms with van der Waals surface area (Å²) in [7, 11) is 0. The van der Waals surface area contributed by atoms with Crippen LogP contribution >= 0.6 is 11.3 Å². The topological polar surface area (TPSA) is 58.1 Å². The number of anilines is 2. The van der Waals surface area contributed by atoms with E-state index in [-0.39, 0.29) is 11.4 Å². The first kappa shape index (κ1) is 18.5. The Bertz CT molecular complexity index is 984. The molecule has 5 nitrogen and oxygen atoms in total. The lowest BCUT2D eigenvalue weighted by Crippen LogP contribution is -2.29. The van der Waals surface area contributed by atoms with Crippen LogP contribution in [0.4, 0.5) is 20.3 Å². The van der Waals surface area contributed by atoms with Gasteiger partial charge in [0.2, 0.25) is 0 Å². The number of carbonyl (C=O) groups excluding carboxylic acids is 1. The quantitative estimate of drug-likeness (QED) is 0.688. The standard InChI is InChI=1S/C20H18F2N4OS/c21-15-6-5-14(10-16(15)22)24-19(27)17-12-28-20(25-17)13-4-7-18(23-11-13)26-8-2-1-3-9-26/h4-7,10-12H,1-3,8-9H2,(H,24,27). The summed E-state index contributed by atoms with van der Waals surface area (Å²) in [5, 5.41) is 4.82. The number of aromatic nitrogens is 2. The number of carbonyl (C=O) groups is 1. The Morgan fingerprint density at radius 2 is 1.89 bits per heavy atom. The van der Waals surface area contributed by atoms with Gasteiger partial charge in [-0.15, -0.1) is 11.3 Å². The number of pyridine rings is 1. The number of nitrogens with one attached hydrogen (secondary N) is 1. The van der Waals surface area contributed by atoms with Gasteiger partial charge in [0.1, 0.15) is 16.5 Å². The molecule has 0 radical (unpaired) electrons. The molecule has 1 saturated heterocycles. The van der Waals surface area contributed by atoms with Crippen LogP contribution in [0.5, 0.6) is 0 Å². The summed E-state index contributed by atoms with van der Waals surface area (Å²) in [6.45, 7) is 2.05. The summed E-state index contributed by atoms with van der Waals surface area (Å²) >= 11 is 1.33. The minimum absolute atomic E-state index is 0.172. The summed E-state index contributed by atoms with van der Waals surface area (Å²) < 4.78 is 26.3. The Morgan fingerprint density at radius 1 is 1.07 bits per heavy atom. The van der Waals surface area contributed by atoms with Crippen LogP contribution in [0.2, 0.25) is 0 Å². The number of nitrogens with zero attached hydrogens (tertiary/aromatic N) is 3. The van der Waals surface area contributed by atoms with Crippen LogP contribution in [0.3, 0.4) is 0 Å². The Morgan fingerprint density at radius 3 is 2.61 bits per heavy atom. The molecule has 1 aliphatic rings. The number of halogens is 2. The van der Waals surface area contributed by atoms with Crippen LogP contribution in [-0.2, 0) is 0 Å². The highest BCUT2D eigenvalue weighted by Gasteiger charge is 2.15. The first-order valence-electron chi connectivity index (χ1n) is 9.03. The molecule has 0 bridgehead atoms. The van der Waals surface area contributed by atoms with Crippen molar-refractivity contribution >= 4 is 28.7 Å². The first-order chi connectivity index (χ1) is 13.6. The molecule has 2 aromatic heterocycles. The Hall–Kier alpha value is -2.87. The van der Waals surface area contributed by atoms with Crippen molar-refractivity contribution in [1.29, 1.82) is 0 Å². The second-order valence-corrected chi connectivity index (χ2v) is 7.43. The maximum Gasteiger partial charge on any atom is 0.275 e. The zero-order valence-corrected chi connectivity index (χ0v) is 15.8. The molecule has 1 fully saturated rings. The average Bonchev–Trinajstić information content (AvgIpc) is 3.22. The third kappa shape index (κ3) is 4.01. The van der Waals surface area contributed by atoms with E-state index in [4.69, 9.17) is 0 Å². The summed E-state index contributed by atoms with van der Waals surface area (Å²) in [6, 6.07) is 7.12. The summed E-state index contributed by atoms with van der Waals surface area (Å²) in [4.78, 5) is 23.5. The number of amides is 1. The van der Waals surface area contributed by atoms with Gasteiger partial charge < -0.3 is 10.2 Å². The van der Waals surface area contributed by atoms with E-state index >= 15 is 0 Å². The molecule has 0 aliphatic carbocycles. The number of rotatable bonds is 4. The van der Waals surface area contributed by atoms with Gasteiger partial charge in [0.15, 0.2) is 11.6 Å². The molecule has 3 aromatic rings. The summed E-state index contributed by atoms with van der Waals surface area (Å²) in [5.74, 6) is -1.51. The maximum atomic E-state index is 13.3. The molecule has 1 amide bonds. The number of hydrogen-bond donors (Lipinski definition) is 1. The highest BCUT2D eigenvalue weighted by Crippen LogP contribution is 2.26. The van der Waals surface area contributed by atoms with Crippen LogP contribution in [-0.4, -0.2) is 29.0 Å². The normalized spacial score (nSPS) is 14.1. The molecule has 3 heterocycles. The van der Waals surface area contributed by atoms with Gasteiger partial charge in [-0.05, 0) is 43.5 Å². The van der Waals surface area contributed by atoms with Crippen LogP contribution in [0.15, 0.2) is 41.9 Å². The van der Waals surface area contributed by atoms with Gasteiger partial charge in [0.05, 0.1) is 0 Å². The molecule has 1 N–H and O–H groups in total. The largest absolute Gasteiger partial charge is 0.357 e. The summed E-state index contributed by atoms with van der Waals surface area (Å²) in [6.07, 6.45) is 5.40. The third-order valence-corrected chi connectivity index (χ3v) is 5.48. The van der Waals surface area contributed by atoms with E-state index in [9.17, 15) is 13.6 Å². The van der Waals surface area contributed by atoms with E-state index in [1.807, 2.05) is 12.1 Å². The zero-order chi connectivity index (χ0) is 19.5. The molecule has 28 heavy (non-hydrogen) atoms. The van der Waals surface area contributed by atoms with Crippen molar-refractivity contribution in [1.82, 2.24) is 9.97 Å². The fourth-order valence-electron chi connectivity index (χ4n) is 3.10. The van der Waals surface area contributed by atoms with Gasteiger partial charge in [-0.1, -0.05) is 0 Å². The van der Waals surface area contributed by atoms with Crippen molar-refractivity contribution in [3.05, 3.63) is 59.2 Å². The van der Waals surface area contributed by atoms with Gasteiger partial charge in [0.25, 0.3) is 5.91 Å². The molecule has 8 heteroatoms. The van der Waals surface area contributed by atoms with Crippen molar-refractivity contribution in [3.63, 3.8) is 0 Å². The Balaban J connectivity index is 1.46. The smallest absolute Gasteiger partial charge is 0.275 e. The van der Waals surface area contributed by atoms with Crippen molar-refractivity contribution in [3.8, 4) is 10.6 Å². The van der Waals surface area contributed by atoms with E-state index in [0.717, 1.165) is 36.6 Å². The van der Waals surface area contributed by atoms with E-state index in [1.165, 1.54) is 36.7 Å². The maximum absolute atomic E-state index is 13.3. The minimum atomic E-state index is -1.02. The van der Waals surface area contributed by atoms with E-state index in [1.54, 1.807) is 11.6 Å². The van der Waals surface area contributed by atoms with Gasteiger partial charge in [-0.2, -0.15) is 0 Å². The Labute approximate surface area is 165 Å². The predicted molar refractivity (Wildman–Crippen MR) is 106 cm³/mol. The van der Waals surface area contributed by atoms with Crippen LogP contribution < -0.4 is 10.2 Å². The average molecular weight is 400 g/mol. The molecule has 144 valence electrons. The molecular weight excluding hydrogens is 382 g/mol. The van der Waals surface area contributed by atoms with Crippen molar-refractivity contribution in [2.75, 3.05) is 23.3 Å². The van der Waals surface area contributed by atoms with Crippen molar-refractivity contribution < 1.29 is 13.6 Å². The van der Waals surface area contributed by atoms with Crippen molar-refractivity contribution in [2.45, 2.75) is 19.3 Å². The lowest BCUT2D eigenvalue weighted by molar-refractivity contribution is 0.102. The van der Waals surface area contributed by atoms with Gasteiger partial charge >= 0.3 is 0 Å². The zero-order valence-electron chi connectivity index (χ0n) is 15.0. The van der Waals surface area contributed by atoms with Gasteiger partial charge in [-0.3, -0.25) is 4.79 Å². The van der Waals surface area contributed by atoms with Crippen LogP contribution in [0, 0.1) is 11.6 Å². The van der Waals surface area contributed by atoms with Crippen LogP contribution in [0.25, 0.3) is 10.6 Å². The number of thiazole rings is 1. The predicted octanol–water partition coefficient (Wildman–Crippen LogP) is 4.73. The summed E-state index contributed by atoms with van der Waals surface area (Å²) in [5.41, 5.74) is 1.22. The van der Waals surface area contributed by atoms with E-state index < -0.39 is 17.5 Å². The van der Waals surface area contributed by atoms with E-state index in [0.29, 0.717) is 5.01 Å². The van der Waals surface area contributed by atoms with Crippen LogP contribution in [0.1, 0.15) is 29.8 Å². The third-order valence-electron chi connectivity index (χ3n) is 4.59. The lowest BCUT2D eigenvalue weighted by Gasteiger charge is -2.27. The number of piperidine rings is 1. The van der Waals surface area contributed by atoms with Gasteiger partial charge in [-0.25, -0.2) is 18.7 Å². The molecule has 0 spiro atoms. The highest BCUT2D eigenvalue weighted by atomic mass is 32.1. The van der Waals surface area contributed by atoms with Gasteiger partial charge in [0, 0.05) is 42.0 Å². The Kier molecular flexibility index (Phi) is 5.29. The first-order valence-corrected chi connectivity index (χ1v) is 9.91. The second-order valence-electron chi connectivity index (χ2n) is 6.57. The monoisotopic (exact) mass is 400 g/mol. The molecular formula is C20H18F2N4OS. The molecule has 0 saturated carbocycles. The SMILES string of the molecule is O=C(Nc1ccc(F)c(F)c1)c1csc(-c2ccc(N3CCCCC3)nc2)n1. The molecule has 0 unspecified atom stereocenters. The highest BCUT2D eigenvalue weighted by molar-refractivity contribution is 7.13. The number of hydrogen-bond acceptors (Lipinski definition) is 5. The second kappa shape index (κ2) is 8.02. The molecule has 0 atom stereocenters. The molecule has 4 rings (SSSR count). The number of benzene rings is 1. The van der Waals surface area contributed by atoms with Crippen molar-refractivity contribution in [2.24, 2.45) is 0 Å². The lowest BCUT2D eigenvalue weighted by atomic mass is 10.1. The molecule has 1 aromatic carbocycles. The fourth-order valence-corrected chi connectivity index (χ4v) is 3.89. The minimum Gasteiger partial charge on any atom is -0.357 e. The van der Waals surface area contributed by atoms with E-state index in [2.05, 4.69) is 20.2 Å². The fraction of sp³-hybridized carbons (Fsp3) is 0.250. The molecule has 1 aliphatic heterocycles.